The van der Waals surface area contributed by atoms with Crippen molar-refractivity contribution >= 4 is 0 Å². The van der Waals surface area contributed by atoms with E-state index >= 15 is 0 Å². The molecule has 1 saturated carbocycles. The van der Waals surface area contributed by atoms with Crippen molar-refractivity contribution in [3.63, 3.8) is 0 Å². The predicted octanol–water partition coefficient (Wildman–Crippen LogP) is 3.21. The number of piperidine rings is 1. The second-order valence-corrected chi connectivity index (χ2v) is 6.14. The summed E-state index contributed by atoms with van der Waals surface area (Å²) in [5.74, 6) is 1.01. The summed E-state index contributed by atoms with van der Waals surface area (Å²) in [5, 5.41) is 3.64. The second kappa shape index (κ2) is 6.06. The Labute approximate surface area is 117 Å². The van der Waals surface area contributed by atoms with Gasteiger partial charge in [0.1, 0.15) is 0 Å². The van der Waals surface area contributed by atoms with E-state index in [1.165, 1.54) is 44.3 Å². The number of nitrogens with zero attached hydrogens (tertiary/aromatic N) is 1. The predicted molar refractivity (Wildman–Crippen MR) is 80.2 cm³/mol. The van der Waals surface area contributed by atoms with Gasteiger partial charge < -0.3 is 10.2 Å². The van der Waals surface area contributed by atoms with Crippen molar-refractivity contribution in [3.8, 4) is 0 Å². The molecule has 0 amide bonds. The normalized spacial score (nSPS) is 27.8. The van der Waals surface area contributed by atoms with Crippen molar-refractivity contribution in [3.05, 3.63) is 35.9 Å². The van der Waals surface area contributed by atoms with Crippen LogP contribution in [0.1, 0.15) is 44.2 Å². The van der Waals surface area contributed by atoms with Gasteiger partial charge in [0, 0.05) is 25.2 Å². The third-order valence-corrected chi connectivity index (χ3v) is 4.88. The lowest BCUT2D eigenvalue weighted by Gasteiger charge is -2.29. The smallest absolute Gasteiger partial charge is 0.0332 e. The Morgan fingerprint density at radius 3 is 2.74 bits per heavy atom. The molecule has 0 spiro atoms. The molecule has 3 rings (SSSR count). The molecule has 0 radical (unpaired) electrons. The minimum absolute atomic E-state index is 0.519. The van der Waals surface area contributed by atoms with Crippen LogP contribution in [-0.4, -0.2) is 30.6 Å². The number of hydrogen-bond donors (Lipinski definition) is 1. The van der Waals surface area contributed by atoms with Gasteiger partial charge in [-0.05, 0) is 43.7 Å². The summed E-state index contributed by atoms with van der Waals surface area (Å²) in [7, 11) is 0. The van der Waals surface area contributed by atoms with Crippen molar-refractivity contribution in [2.24, 2.45) is 5.92 Å². The van der Waals surface area contributed by atoms with Gasteiger partial charge in [0.05, 0.1) is 0 Å². The monoisotopic (exact) mass is 258 g/mol. The van der Waals surface area contributed by atoms with Gasteiger partial charge in [0.2, 0.25) is 0 Å². The molecule has 1 aromatic carbocycles. The fourth-order valence-corrected chi connectivity index (χ4v) is 3.91. The topological polar surface area (TPSA) is 15.3 Å². The lowest BCUT2D eigenvalue weighted by Crippen LogP contribution is -2.35. The molecular formula is C17H26N2. The quantitative estimate of drug-likeness (QED) is 0.843. The fraction of sp³-hybridized carbons (Fsp3) is 0.647. The minimum atomic E-state index is 0.519. The lowest BCUT2D eigenvalue weighted by molar-refractivity contribution is 0.203. The number of hydrogen-bond acceptors (Lipinski definition) is 2. The van der Waals surface area contributed by atoms with Crippen molar-refractivity contribution in [1.82, 2.24) is 10.2 Å². The molecule has 1 saturated heterocycles. The molecule has 19 heavy (non-hydrogen) atoms. The number of benzene rings is 1. The molecule has 2 fully saturated rings. The average Bonchev–Trinajstić information content (AvgIpc) is 3.07. The zero-order valence-corrected chi connectivity index (χ0v) is 12.0. The first-order valence-electron chi connectivity index (χ1n) is 7.89. The Morgan fingerprint density at radius 2 is 2.11 bits per heavy atom. The highest BCUT2D eigenvalue weighted by Crippen LogP contribution is 2.37. The third kappa shape index (κ3) is 3.01. The summed E-state index contributed by atoms with van der Waals surface area (Å²) in [6.45, 7) is 5.87. The van der Waals surface area contributed by atoms with Crippen molar-refractivity contribution in [1.29, 1.82) is 0 Å². The molecule has 1 aliphatic carbocycles. The molecule has 0 aromatic heterocycles. The molecule has 2 nitrogen and oxygen atoms in total. The summed E-state index contributed by atoms with van der Waals surface area (Å²) < 4.78 is 0. The molecule has 1 aromatic rings. The van der Waals surface area contributed by atoms with Crippen molar-refractivity contribution < 1.29 is 0 Å². The first kappa shape index (κ1) is 13.1. The average molecular weight is 258 g/mol. The summed E-state index contributed by atoms with van der Waals surface area (Å²) >= 11 is 0. The highest BCUT2D eigenvalue weighted by Gasteiger charge is 2.37. The maximum absolute atomic E-state index is 3.64. The maximum atomic E-state index is 3.64. The van der Waals surface area contributed by atoms with Crippen LogP contribution in [0, 0.1) is 5.92 Å². The highest BCUT2D eigenvalue weighted by molar-refractivity contribution is 5.18. The largest absolute Gasteiger partial charge is 0.310 e. The van der Waals surface area contributed by atoms with E-state index in [9.17, 15) is 0 Å². The molecule has 1 N–H and O–H groups in total. The van der Waals surface area contributed by atoms with Gasteiger partial charge in [0.25, 0.3) is 0 Å². The van der Waals surface area contributed by atoms with Gasteiger partial charge in [-0.1, -0.05) is 37.3 Å². The van der Waals surface area contributed by atoms with Gasteiger partial charge in [-0.25, -0.2) is 0 Å². The zero-order chi connectivity index (χ0) is 13.1. The van der Waals surface area contributed by atoms with E-state index in [0.29, 0.717) is 6.04 Å². The number of fused-ring (bicyclic) bond motifs is 2. The second-order valence-electron chi connectivity index (χ2n) is 6.14. The SMILES string of the molecule is CCNC(CCN1CC2CCC1C2)c1ccccc1. The van der Waals surface area contributed by atoms with Crippen LogP contribution in [0.15, 0.2) is 30.3 Å². The highest BCUT2D eigenvalue weighted by atomic mass is 15.2. The van der Waals surface area contributed by atoms with E-state index in [0.717, 1.165) is 18.5 Å². The van der Waals surface area contributed by atoms with Crippen molar-refractivity contribution in [2.75, 3.05) is 19.6 Å². The first-order chi connectivity index (χ1) is 9.36. The standard InChI is InChI=1S/C17H26N2/c1-2-18-17(15-6-4-3-5-7-15)10-11-19-13-14-8-9-16(19)12-14/h3-7,14,16-18H,2,8-13H2,1H3. The molecule has 1 heterocycles. The van der Waals surface area contributed by atoms with Crippen LogP contribution in [0.25, 0.3) is 0 Å². The van der Waals surface area contributed by atoms with Crippen LogP contribution in [0.5, 0.6) is 0 Å². The summed E-state index contributed by atoms with van der Waals surface area (Å²) in [6.07, 6.45) is 5.64. The summed E-state index contributed by atoms with van der Waals surface area (Å²) in [5.41, 5.74) is 1.44. The summed E-state index contributed by atoms with van der Waals surface area (Å²) in [4.78, 5) is 2.74. The molecule has 3 unspecified atom stereocenters. The molecule has 2 bridgehead atoms. The van der Waals surface area contributed by atoms with E-state index < -0.39 is 0 Å². The van der Waals surface area contributed by atoms with Crippen LogP contribution in [0.4, 0.5) is 0 Å². The van der Waals surface area contributed by atoms with Crippen LogP contribution in [0.3, 0.4) is 0 Å². The Morgan fingerprint density at radius 1 is 1.26 bits per heavy atom. The Kier molecular flexibility index (Phi) is 4.19. The van der Waals surface area contributed by atoms with E-state index in [-0.39, 0.29) is 0 Å². The Bertz CT molecular complexity index is 390. The van der Waals surface area contributed by atoms with E-state index in [1.807, 2.05) is 0 Å². The fourth-order valence-electron chi connectivity index (χ4n) is 3.91. The Balaban J connectivity index is 1.56. The number of nitrogens with one attached hydrogen (secondary N) is 1. The molecular weight excluding hydrogens is 232 g/mol. The van der Waals surface area contributed by atoms with Crippen LogP contribution in [0.2, 0.25) is 0 Å². The molecule has 3 atom stereocenters. The van der Waals surface area contributed by atoms with E-state index in [2.05, 4.69) is 47.5 Å². The molecule has 1 aliphatic heterocycles. The van der Waals surface area contributed by atoms with Gasteiger partial charge in [-0.3, -0.25) is 0 Å². The van der Waals surface area contributed by atoms with Gasteiger partial charge in [0.15, 0.2) is 0 Å². The molecule has 104 valence electrons. The van der Waals surface area contributed by atoms with Gasteiger partial charge in [-0.15, -0.1) is 0 Å². The van der Waals surface area contributed by atoms with Gasteiger partial charge in [-0.2, -0.15) is 0 Å². The summed E-state index contributed by atoms with van der Waals surface area (Å²) in [6, 6.07) is 12.3. The van der Waals surface area contributed by atoms with Crippen LogP contribution < -0.4 is 5.32 Å². The maximum Gasteiger partial charge on any atom is 0.0332 e. The molecule has 2 heteroatoms. The van der Waals surface area contributed by atoms with Crippen LogP contribution >= 0.6 is 0 Å². The third-order valence-electron chi connectivity index (χ3n) is 4.88. The number of likely N-dealkylation sites (tertiary alicyclic amines) is 1. The molecule has 2 aliphatic rings. The van der Waals surface area contributed by atoms with E-state index in [1.54, 1.807) is 0 Å². The number of rotatable bonds is 6. The van der Waals surface area contributed by atoms with Crippen molar-refractivity contribution in [2.45, 2.75) is 44.7 Å². The zero-order valence-electron chi connectivity index (χ0n) is 12.0. The first-order valence-corrected chi connectivity index (χ1v) is 7.89. The Hall–Kier alpha value is -0.860. The van der Waals surface area contributed by atoms with E-state index in [4.69, 9.17) is 0 Å². The minimum Gasteiger partial charge on any atom is -0.310 e. The van der Waals surface area contributed by atoms with Crippen LogP contribution in [-0.2, 0) is 0 Å². The van der Waals surface area contributed by atoms with Gasteiger partial charge >= 0.3 is 0 Å². The lowest BCUT2D eigenvalue weighted by atomic mass is 10.0.